The molecular formula is C19H26N6O. The minimum atomic E-state index is 0.437. The average molecular weight is 354 g/mol. The van der Waals surface area contributed by atoms with Gasteiger partial charge in [0.25, 0.3) is 0 Å². The molecule has 4 heterocycles. The van der Waals surface area contributed by atoms with Crippen LogP contribution < -0.4 is 4.90 Å². The molecule has 1 atom stereocenters. The standard InChI is InChI=1S/C19H26N6O/c1-2-8-25(7-1)19-21-6-4-18(23-19)13-24-9-10-26-14-16(12-24)11-17-3-5-20-15-22-17/h3-6,15-16H,1-2,7-14H2/t16-/m1/s1. The van der Waals surface area contributed by atoms with Gasteiger partial charge >= 0.3 is 0 Å². The van der Waals surface area contributed by atoms with E-state index in [9.17, 15) is 0 Å². The van der Waals surface area contributed by atoms with E-state index in [-0.39, 0.29) is 0 Å². The minimum absolute atomic E-state index is 0.437. The van der Waals surface area contributed by atoms with Crippen LogP contribution in [0.5, 0.6) is 0 Å². The molecule has 2 fully saturated rings. The summed E-state index contributed by atoms with van der Waals surface area (Å²) >= 11 is 0. The van der Waals surface area contributed by atoms with Crippen LogP contribution in [0.25, 0.3) is 0 Å². The number of nitrogens with zero attached hydrogens (tertiary/aromatic N) is 6. The zero-order valence-corrected chi connectivity index (χ0v) is 15.1. The molecule has 0 radical (unpaired) electrons. The van der Waals surface area contributed by atoms with Crippen molar-refractivity contribution < 1.29 is 4.74 Å². The van der Waals surface area contributed by atoms with Crippen molar-refractivity contribution in [3.05, 3.63) is 42.2 Å². The summed E-state index contributed by atoms with van der Waals surface area (Å²) in [6.45, 7) is 6.46. The summed E-state index contributed by atoms with van der Waals surface area (Å²) in [6.07, 6.45) is 8.71. The van der Waals surface area contributed by atoms with E-state index in [0.717, 1.165) is 69.7 Å². The maximum absolute atomic E-state index is 5.83. The Morgan fingerprint density at radius 1 is 1.04 bits per heavy atom. The Morgan fingerprint density at radius 3 is 2.77 bits per heavy atom. The normalized spacial score (nSPS) is 21.7. The summed E-state index contributed by atoms with van der Waals surface area (Å²) in [5.41, 5.74) is 2.17. The Kier molecular flexibility index (Phi) is 5.66. The number of rotatable bonds is 5. The van der Waals surface area contributed by atoms with E-state index < -0.39 is 0 Å². The Balaban J connectivity index is 1.39. The Bertz CT molecular complexity index is 691. The molecular weight excluding hydrogens is 328 g/mol. The van der Waals surface area contributed by atoms with Crippen LogP contribution in [-0.2, 0) is 17.7 Å². The molecule has 26 heavy (non-hydrogen) atoms. The number of hydrogen-bond donors (Lipinski definition) is 0. The van der Waals surface area contributed by atoms with Crippen LogP contribution in [0.1, 0.15) is 24.2 Å². The molecule has 2 saturated heterocycles. The molecule has 0 bridgehead atoms. The van der Waals surface area contributed by atoms with Crippen LogP contribution >= 0.6 is 0 Å². The van der Waals surface area contributed by atoms with E-state index in [1.165, 1.54) is 12.8 Å². The van der Waals surface area contributed by atoms with E-state index in [1.807, 2.05) is 18.3 Å². The molecule has 0 N–H and O–H groups in total. The third kappa shape index (κ3) is 4.53. The molecule has 2 aromatic rings. The van der Waals surface area contributed by atoms with Gasteiger partial charge in [0, 0.05) is 56.7 Å². The van der Waals surface area contributed by atoms with Gasteiger partial charge in [0.05, 0.1) is 18.9 Å². The smallest absolute Gasteiger partial charge is 0.225 e. The van der Waals surface area contributed by atoms with Gasteiger partial charge in [0.2, 0.25) is 5.95 Å². The van der Waals surface area contributed by atoms with Gasteiger partial charge in [-0.2, -0.15) is 0 Å². The second-order valence-corrected chi connectivity index (χ2v) is 7.12. The molecule has 138 valence electrons. The second kappa shape index (κ2) is 8.51. The molecule has 7 nitrogen and oxygen atoms in total. The molecule has 2 aliphatic rings. The first-order valence-corrected chi connectivity index (χ1v) is 9.49. The summed E-state index contributed by atoms with van der Waals surface area (Å²) in [7, 11) is 0. The molecule has 0 amide bonds. The van der Waals surface area contributed by atoms with E-state index in [4.69, 9.17) is 9.72 Å². The molecule has 4 rings (SSSR count). The lowest BCUT2D eigenvalue weighted by molar-refractivity contribution is 0.121. The summed E-state index contributed by atoms with van der Waals surface area (Å²) in [5.74, 6) is 1.32. The number of hydrogen-bond acceptors (Lipinski definition) is 7. The molecule has 0 unspecified atom stereocenters. The van der Waals surface area contributed by atoms with Crippen molar-refractivity contribution in [3.8, 4) is 0 Å². The van der Waals surface area contributed by atoms with Crippen LogP contribution in [0.15, 0.2) is 30.9 Å². The lowest BCUT2D eigenvalue weighted by atomic mass is 10.0. The van der Waals surface area contributed by atoms with Crippen LogP contribution in [0.3, 0.4) is 0 Å². The van der Waals surface area contributed by atoms with E-state index in [2.05, 4.69) is 24.8 Å². The molecule has 0 spiro atoms. The highest BCUT2D eigenvalue weighted by molar-refractivity contribution is 5.31. The van der Waals surface area contributed by atoms with E-state index in [0.29, 0.717) is 5.92 Å². The molecule has 7 heteroatoms. The summed E-state index contributed by atoms with van der Waals surface area (Å²) in [5, 5.41) is 0. The van der Waals surface area contributed by atoms with Crippen molar-refractivity contribution in [1.82, 2.24) is 24.8 Å². The third-order valence-electron chi connectivity index (χ3n) is 5.04. The zero-order valence-electron chi connectivity index (χ0n) is 15.1. The number of ether oxygens (including phenoxy) is 1. The Morgan fingerprint density at radius 2 is 1.92 bits per heavy atom. The SMILES string of the molecule is c1cc(C[C@H]2COCCN(Cc3ccnc(N4CCCC4)n3)C2)ncn1. The first-order valence-electron chi connectivity index (χ1n) is 9.49. The summed E-state index contributed by atoms with van der Waals surface area (Å²) in [4.78, 5) is 22.3. The molecule has 2 aliphatic heterocycles. The fourth-order valence-electron chi connectivity index (χ4n) is 3.73. The van der Waals surface area contributed by atoms with Crippen LogP contribution in [0.4, 0.5) is 5.95 Å². The quantitative estimate of drug-likeness (QED) is 0.807. The van der Waals surface area contributed by atoms with Gasteiger partial charge in [-0.25, -0.2) is 19.9 Å². The van der Waals surface area contributed by atoms with Gasteiger partial charge in [-0.1, -0.05) is 0 Å². The Labute approximate surface area is 154 Å². The van der Waals surface area contributed by atoms with Crippen molar-refractivity contribution >= 4 is 5.95 Å². The average Bonchev–Trinajstić information content (AvgIpc) is 3.12. The minimum Gasteiger partial charge on any atom is -0.380 e. The van der Waals surface area contributed by atoms with Crippen molar-refractivity contribution in [2.45, 2.75) is 25.8 Å². The highest BCUT2D eigenvalue weighted by Crippen LogP contribution is 2.17. The first-order chi connectivity index (χ1) is 12.9. The lowest BCUT2D eigenvalue weighted by Gasteiger charge is -2.23. The predicted octanol–water partition coefficient (Wildman–Crippen LogP) is 1.56. The van der Waals surface area contributed by atoms with Crippen molar-refractivity contribution in [1.29, 1.82) is 0 Å². The second-order valence-electron chi connectivity index (χ2n) is 7.12. The number of anilines is 1. The third-order valence-corrected chi connectivity index (χ3v) is 5.04. The topological polar surface area (TPSA) is 67.3 Å². The predicted molar refractivity (Wildman–Crippen MR) is 98.8 cm³/mol. The maximum atomic E-state index is 5.83. The highest BCUT2D eigenvalue weighted by atomic mass is 16.5. The van der Waals surface area contributed by atoms with Gasteiger partial charge < -0.3 is 9.64 Å². The van der Waals surface area contributed by atoms with Gasteiger partial charge in [-0.05, 0) is 31.4 Å². The largest absolute Gasteiger partial charge is 0.380 e. The fraction of sp³-hybridized carbons (Fsp3) is 0.579. The van der Waals surface area contributed by atoms with Gasteiger partial charge in [0.1, 0.15) is 6.33 Å². The van der Waals surface area contributed by atoms with Crippen molar-refractivity contribution in [2.24, 2.45) is 5.92 Å². The maximum Gasteiger partial charge on any atom is 0.225 e. The highest BCUT2D eigenvalue weighted by Gasteiger charge is 2.21. The molecule has 0 aromatic carbocycles. The lowest BCUT2D eigenvalue weighted by Crippen LogP contribution is -2.31. The van der Waals surface area contributed by atoms with Gasteiger partial charge in [-0.3, -0.25) is 4.90 Å². The van der Waals surface area contributed by atoms with E-state index >= 15 is 0 Å². The van der Waals surface area contributed by atoms with Crippen LogP contribution in [0.2, 0.25) is 0 Å². The van der Waals surface area contributed by atoms with E-state index in [1.54, 1.807) is 12.5 Å². The van der Waals surface area contributed by atoms with Crippen LogP contribution in [-0.4, -0.2) is 64.2 Å². The summed E-state index contributed by atoms with van der Waals surface area (Å²) < 4.78 is 5.83. The summed E-state index contributed by atoms with van der Waals surface area (Å²) in [6, 6.07) is 4.02. The molecule has 2 aromatic heterocycles. The van der Waals surface area contributed by atoms with Crippen LogP contribution in [0, 0.1) is 5.92 Å². The molecule has 0 aliphatic carbocycles. The number of aromatic nitrogens is 4. The van der Waals surface area contributed by atoms with Crippen molar-refractivity contribution in [3.63, 3.8) is 0 Å². The van der Waals surface area contributed by atoms with Crippen molar-refractivity contribution in [2.75, 3.05) is 44.3 Å². The monoisotopic (exact) mass is 354 g/mol. The van der Waals surface area contributed by atoms with Gasteiger partial charge in [-0.15, -0.1) is 0 Å². The fourth-order valence-corrected chi connectivity index (χ4v) is 3.73. The molecule has 0 saturated carbocycles. The first kappa shape index (κ1) is 17.3. The Hall–Kier alpha value is -2.12. The van der Waals surface area contributed by atoms with Gasteiger partial charge in [0.15, 0.2) is 0 Å². The zero-order chi connectivity index (χ0) is 17.6.